The van der Waals surface area contributed by atoms with E-state index in [-0.39, 0.29) is 5.56 Å². The van der Waals surface area contributed by atoms with Crippen molar-refractivity contribution in [2.24, 2.45) is 0 Å². The number of carboxylic acid groups (broad SMARTS) is 1. The highest BCUT2D eigenvalue weighted by atomic mass is 16.5. The third-order valence-electron chi connectivity index (χ3n) is 5.22. The van der Waals surface area contributed by atoms with Crippen LogP contribution in [0.25, 0.3) is 22.5 Å². The van der Waals surface area contributed by atoms with Crippen LogP contribution in [0.3, 0.4) is 0 Å². The Kier molecular flexibility index (Phi) is 6.74. The zero-order valence-corrected chi connectivity index (χ0v) is 18.7. The quantitative estimate of drug-likeness (QED) is 0.357. The summed E-state index contributed by atoms with van der Waals surface area (Å²) < 4.78 is 13.6. The zero-order valence-electron chi connectivity index (χ0n) is 18.7. The maximum absolute atomic E-state index is 11.6. The standard InChI is InChI=1S/C27H26N2O4/c1-3-32-25-13-9-8-12-21(25)24-17-23(28-29(24)18-19-10-6-5-7-11-19)22-16-20(27(30)31)14-15-26(22)33-4-2/h5-17H,3-4,18H2,1-2H3,(H,30,31). The van der Waals surface area contributed by atoms with Crippen LogP contribution < -0.4 is 9.47 Å². The van der Waals surface area contributed by atoms with Crippen molar-refractivity contribution in [3.05, 3.63) is 90.0 Å². The number of hydrogen-bond acceptors (Lipinski definition) is 4. The number of para-hydroxylation sites is 1. The Bertz CT molecular complexity index is 1250. The van der Waals surface area contributed by atoms with Crippen LogP contribution in [-0.2, 0) is 6.54 Å². The van der Waals surface area contributed by atoms with E-state index < -0.39 is 5.97 Å². The molecule has 3 aromatic carbocycles. The molecule has 0 atom stereocenters. The van der Waals surface area contributed by atoms with E-state index >= 15 is 0 Å². The van der Waals surface area contributed by atoms with Gasteiger partial charge in [0.25, 0.3) is 0 Å². The summed E-state index contributed by atoms with van der Waals surface area (Å²) >= 11 is 0. The summed E-state index contributed by atoms with van der Waals surface area (Å²) in [5, 5.41) is 14.4. The predicted octanol–water partition coefficient (Wildman–Crippen LogP) is 5.76. The Hall–Kier alpha value is -4.06. The summed E-state index contributed by atoms with van der Waals surface area (Å²) in [4.78, 5) is 11.6. The Balaban J connectivity index is 1.89. The van der Waals surface area contributed by atoms with Gasteiger partial charge in [-0.15, -0.1) is 0 Å². The number of ether oxygens (including phenoxy) is 2. The number of benzene rings is 3. The molecule has 6 nitrogen and oxygen atoms in total. The molecule has 1 N–H and O–H groups in total. The highest BCUT2D eigenvalue weighted by molar-refractivity contribution is 5.90. The molecule has 0 amide bonds. The van der Waals surface area contributed by atoms with Gasteiger partial charge in [-0.25, -0.2) is 4.79 Å². The van der Waals surface area contributed by atoms with Gasteiger partial charge in [0, 0.05) is 11.1 Å². The Morgan fingerprint density at radius 1 is 0.848 bits per heavy atom. The van der Waals surface area contributed by atoms with Crippen molar-refractivity contribution < 1.29 is 19.4 Å². The first kappa shape index (κ1) is 22.1. The molecule has 4 rings (SSSR count). The topological polar surface area (TPSA) is 73.6 Å². The average Bonchev–Trinajstić information content (AvgIpc) is 3.24. The fraction of sp³-hybridized carbons (Fsp3) is 0.185. The fourth-order valence-electron chi connectivity index (χ4n) is 3.75. The molecule has 0 bridgehead atoms. The molecule has 6 heteroatoms. The van der Waals surface area contributed by atoms with E-state index in [0.717, 1.165) is 22.6 Å². The molecule has 0 saturated heterocycles. The lowest BCUT2D eigenvalue weighted by molar-refractivity contribution is 0.0697. The molecule has 0 aliphatic rings. The predicted molar refractivity (Wildman–Crippen MR) is 128 cm³/mol. The molecule has 0 spiro atoms. The first-order valence-electron chi connectivity index (χ1n) is 10.9. The summed E-state index contributed by atoms with van der Waals surface area (Å²) in [7, 11) is 0. The summed E-state index contributed by atoms with van der Waals surface area (Å²) in [6, 6.07) is 24.7. The van der Waals surface area contributed by atoms with Gasteiger partial charge in [-0.2, -0.15) is 5.10 Å². The highest BCUT2D eigenvalue weighted by Crippen LogP contribution is 2.36. The molecule has 0 radical (unpaired) electrons. The number of carboxylic acids is 1. The van der Waals surface area contributed by atoms with Gasteiger partial charge < -0.3 is 14.6 Å². The van der Waals surface area contributed by atoms with Crippen LogP contribution in [0.5, 0.6) is 11.5 Å². The van der Waals surface area contributed by atoms with Crippen LogP contribution in [0.1, 0.15) is 29.8 Å². The van der Waals surface area contributed by atoms with Crippen LogP contribution in [0.4, 0.5) is 0 Å². The van der Waals surface area contributed by atoms with Gasteiger partial charge >= 0.3 is 5.97 Å². The molecule has 0 aliphatic carbocycles. The maximum Gasteiger partial charge on any atom is 0.335 e. The van der Waals surface area contributed by atoms with Crippen LogP contribution in [0.15, 0.2) is 78.9 Å². The van der Waals surface area contributed by atoms with Crippen LogP contribution in [0.2, 0.25) is 0 Å². The van der Waals surface area contributed by atoms with Gasteiger partial charge in [0.1, 0.15) is 11.5 Å². The molecule has 0 unspecified atom stereocenters. The zero-order chi connectivity index (χ0) is 23.2. The van der Waals surface area contributed by atoms with Gasteiger partial charge in [-0.1, -0.05) is 42.5 Å². The van der Waals surface area contributed by atoms with Crippen molar-refractivity contribution in [2.45, 2.75) is 20.4 Å². The number of carbonyl (C=O) groups is 1. The minimum absolute atomic E-state index is 0.183. The molecule has 168 valence electrons. The van der Waals surface area contributed by atoms with E-state index in [1.807, 2.05) is 67.1 Å². The van der Waals surface area contributed by atoms with Gasteiger partial charge in [0.05, 0.1) is 36.7 Å². The summed E-state index contributed by atoms with van der Waals surface area (Å²) in [5.74, 6) is 0.367. The molecule has 1 aromatic heterocycles. The van der Waals surface area contributed by atoms with Gasteiger partial charge in [0.2, 0.25) is 0 Å². The minimum atomic E-state index is -0.995. The number of nitrogens with zero attached hydrogens (tertiary/aromatic N) is 2. The SMILES string of the molecule is CCOc1ccc(C(=O)O)cc1-c1cc(-c2ccccc2OCC)n(Cc2ccccc2)n1. The van der Waals surface area contributed by atoms with E-state index in [1.54, 1.807) is 18.2 Å². The lowest BCUT2D eigenvalue weighted by atomic mass is 10.0. The van der Waals surface area contributed by atoms with Gasteiger partial charge in [-0.05, 0) is 55.8 Å². The van der Waals surface area contributed by atoms with Crippen molar-refractivity contribution in [1.82, 2.24) is 9.78 Å². The third-order valence-corrected chi connectivity index (χ3v) is 5.22. The Labute approximate surface area is 193 Å². The second-order valence-corrected chi connectivity index (χ2v) is 7.44. The molecule has 33 heavy (non-hydrogen) atoms. The van der Waals surface area contributed by atoms with Crippen molar-refractivity contribution in [1.29, 1.82) is 0 Å². The third kappa shape index (κ3) is 4.90. The Morgan fingerprint density at radius 3 is 2.21 bits per heavy atom. The van der Waals surface area contributed by atoms with Crippen molar-refractivity contribution >= 4 is 5.97 Å². The second-order valence-electron chi connectivity index (χ2n) is 7.44. The number of rotatable bonds is 9. The first-order valence-corrected chi connectivity index (χ1v) is 10.9. The van der Waals surface area contributed by atoms with Crippen molar-refractivity contribution in [3.63, 3.8) is 0 Å². The molecule has 0 saturated carbocycles. The monoisotopic (exact) mass is 442 g/mol. The first-order chi connectivity index (χ1) is 16.1. The van der Waals surface area contributed by atoms with E-state index in [1.165, 1.54) is 0 Å². The van der Waals surface area contributed by atoms with Crippen LogP contribution >= 0.6 is 0 Å². The van der Waals surface area contributed by atoms with Crippen molar-refractivity contribution in [2.75, 3.05) is 13.2 Å². The number of hydrogen-bond donors (Lipinski definition) is 1. The van der Waals surface area contributed by atoms with E-state index in [9.17, 15) is 9.90 Å². The normalized spacial score (nSPS) is 10.7. The summed E-state index contributed by atoms with van der Waals surface area (Å²) in [6.45, 7) is 5.41. The second kappa shape index (κ2) is 10.0. The minimum Gasteiger partial charge on any atom is -0.493 e. The fourth-order valence-corrected chi connectivity index (χ4v) is 3.75. The summed E-state index contributed by atoms with van der Waals surface area (Å²) in [6.07, 6.45) is 0. The highest BCUT2D eigenvalue weighted by Gasteiger charge is 2.19. The van der Waals surface area contributed by atoms with Crippen molar-refractivity contribution in [3.8, 4) is 34.0 Å². The maximum atomic E-state index is 11.6. The molecule has 0 aliphatic heterocycles. The van der Waals surface area contributed by atoms with E-state index in [4.69, 9.17) is 14.6 Å². The summed E-state index contributed by atoms with van der Waals surface area (Å²) in [5.41, 5.74) is 4.36. The molecule has 0 fully saturated rings. The smallest absolute Gasteiger partial charge is 0.335 e. The molecule has 4 aromatic rings. The lowest BCUT2D eigenvalue weighted by Gasteiger charge is -2.12. The lowest BCUT2D eigenvalue weighted by Crippen LogP contribution is -2.05. The average molecular weight is 443 g/mol. The van der Waals surface area contributed by atoms with Gasteiger partial charge in [0.15, 0.2) is 0 Å². The van der Waals surface area contributed by atoms with Crippen LogP contribution in [-0.4, -0.2) is 34.1 Å². The number of aromatic nitrogens is 2. The molecule has 1 heterocycles. The van der Waals surface area contributed by atoms with Crippen LogP contribution in [0, 0.1) is 0 Å². The molecular formula is C27H26N2O4. The van der Waals surface area contributed by atoms with E-state index in [0.29, 0.717) is 36.8 Å². The molecular weight excluding hydrogens is 416 g/mol. The van der Waals surface area contributed by atoms with E-state index in [2.05, 4.69) is 12.1 Å². The number of aromatic carboxylic acids is 1. The largest absolute Gasteiger partial charge is 0.493 e. The Morgan fingerprint density at radius 2 is 1.52 bits per heavy atom. The van der Waals surface area contributed by atoms with Gasteiger partial charge in [-0.3, -0.25) is 4.68 Å².